The van der Waals surface area contributed by atoms with Gasteiger partial charge in [0.1, 0.15) is 6.04 Å². The lowest BCUT2D eigenvalue weighted by Gasteiger charge is -2.31. The fourth-order valence-electron chi connectivity index (χ4n) is 5.03. The second-order valence-corrected chi connectivity index (χ2v) is 10.3. The summed E-state index contributed by atoms with van der Waals surface area (Å²) in [6.45, 7) is 4.04. The van der Waals surface area contributed by atoms with Gasteiger partial charge in [0, 0.05) is 30.1 Å². The molecule has 184 valence electrons. The van der Waals surface area contributed by atoms with Crippen molar-refractivity contribution in [3.8, 4) is 0 Å². The smallest absolute Gasteiger partial charge is 0.261 e. The minimum absolute atomic E-state index is 0.0906. The van der Waals surface area contributed by atoms with Crippen molar-refractivity contribution < 1.29 is 23.9 Å². The van der Waals surface area contributed by atoms with Crippen LogP contribution in [-0.4, -0.2) is 65.3 Å². The Hall–Kier alpha value is -3.04. The molecule has 4 heterocycles. The highest BCUT2D eigenvalue weighted by Gasteiger charge is 2.38. The fourth-order valence-corrected chi connectivity index (χ4v) is 5.92. The van der Waals surface area contributed by atoms with E-state index in [1.807, 2.05) is 17.2 Å². The summed E-state index contributed by atoms with van der Waals surface area (Å²) >= 11 is 1.71. The molecule has 1 aromatic carbocycles. The van der Waals surface area contributed by atoms with Gasteiger partial charge in [0.05, 0.1) is 23.8 Å². The third kappa shape index (κ3) is 4.62. The van der Waals surface area contributed by atoms with Crippen molar-refractivity contribution in [1.82, 2.24) is 15.1 Å². The molecule has 0 saturated carbocycles. The van der Waals surface area contributed by atoms with Gasteiger partial charge in [-0.05, 0) is 60.9 Å². The third-order valence-electron chi connectivity index (χ3n) is 6.94. The molecule has 8 nitrogen and oxygen atoms in total. The highest BCUT2D eigenvalue weighted by atomic mass is 32.1. The quantitative estimate of drug-likeness (QED) is 0.596. The van der Waals surface area contributed by atoms with E-state index in [2.05, 4.69) is 11.4 Å². The molecule has 3 aliphatic rings. The first-order valence-corrected chi connectivity index (χ1v) is 13.1. The molecule has 2 unspecified atom stereocenters. The molecule has 0 aliphatic carbocycles. The molecule has 1 saturated heterocycles. The number of rotatable bonds is 7. The Labute approximate surface area is 208 Å². The van der Waals surface area contributed by atoms with E-state index in [-0.39, 0.29) is 35.6 Å². The fraction of sp³-hybridized carbons (Fsp3) is 0.462. The van der Waals surface area contributed by atoms with Crippen LogP contribution in [0.1, 0.15) is 74.1 Å². The Bertz CT molecular complexity index is 1170. The minimum atomic E-state index is -0.644. The van der Waals surface area contributed by atoms with Crippen molar-refractivity contribution >= 4 is 35.0 Å². The number of hydrogen-bond donors (Lipinski definition) is 1. The summed E-state index contributed by atoms with van der Waals surface area (Å²) in [4.78, 5) is 56.4. The van der Waals surface area contributed by atoms with Crippen molar-refractivity contribution in [3.63, 3.8) is 0 Å². The topological polar surface area (TPSA) is 96.0 Å². The average molecular weight is 496 g/mol. The van der Waals surface area contributed by atoms with E-state index >= 15 is 0 Å². The lowest BCUT2D eigenvalue weighted by molar-refractivity contribution is -0.134. The lowest BCUT2D eigenvalue weighted by atomic mass is 10.0. The molecule has 3 aliphatic heterocycles. The second-order valence-electron chi connectivity index (χ2n) is 9.31. The first kappa shape index (κ1) is 23.7. The van der Waals surface area contributed by atoms with E-state index in [0.717, 1.165) is 25.7 Å². The summed E-state index contributed by atoms with van der Waals surface area (Å²) < 4.78 is 5.58. The Morgan fingerprint density at radius 3 is 2.80 bits per heavy atom. The largest absolute Gasteiger partial charge is 0.376 e. The number of carbonyl (C=O) groups is 4. The molecule has 4 amide bonds. The van der Waals surface area contributed by atoms with E-state index in [4.69, 9.17) is 4.74 Å². The number of nitrogens with zero attached hydrogens (tertiary/aromatic N) is 2. The average Bonchev–Trinajstić information content (AvgIpc) is 3.60. The van der Waals surface area contributed by atoms with Gasteiger partial charge in [-0.25, -0.2) is 0 Å². The predicted octanol–water partition coefficient (Wildman–Crippen LogP) is 3.01. The molecule has 1 fully saturated rings. The summed E-state index contributed by atoms with van der Waals surface area (Å²) in [7, 11) is 0. The number of nitrogens with one attached hydrogen (secondary N) is 1. The third-order valence-corrected chi connectivity index (χ3v) is 7.97. The summed E-state index contributed by atoms with van der Waals surface area (Å²) in [6.07, 6.45) is 3.69. The van der Waals surface area contributed by atoms with E-state index in [1.54, 1.807) is 17.4 Å². The highest BCUT2D eigenvalue weighted by molar-refractivity contribution is 7.10. The molecule has 1 N–H and O–H groups in total. The van der Waals surface area contributed by atoms with Gasteiger partial charge in [0.15, 0.2) is 0 Å². The van der Waals surface area contributed by atoms with Crippen LogP contribution in [-0.2, 0) is 22.5 Å². The standard InChI is InChI=1S/C26H29N3O5S/c1-2-4-21(26(33)28-10-8-22-17(14-28)9-12-35-22)27-23(30)16-6-7-19-20(13-16)25(32)29(24(19)31)15-18-5-3-11-34-18/h6-7,9,12-13,18,21H,2-5,8,10-11,14-15H2,1H3,(H,27,30). The maximum absolute atomic E-state index is 13.3. The van der Waals surface area contributed by atoms with Crippen LogP contribution in [0.2, 0.25) is 0 Å². The number of carbonyl (C=O) groups excluding carboxylic acids is 4. The molecule has 35 heavy (non-hydrogen) atoms. The van der Waals surface area contributed by atoms with E-state index < -0.39 is 17.9 Å². The van der Waals surface area contributed by atoms with Crippen molar-refractivity contribution in [2.45, 2.75) is 57.7 Å². The molecule has 2 atom stereocenters. The van der Waals surface area contributed by atoms with Crippen LogP contribution in [0.15, 0.2) is 29.6 Å². The highest BCUT2D eigenvalue weighted by Crippen LogP contribution is 2.27. The molecular formula is C26H29N3O5S. The summed E-state index contributed by atoms with van der Waals surface area (Å²) in [5, 5.41) is 4.93. The first-order valence-electron chi connectivity index (χ1n) is 12.2. The number of benzene rings is 1. The monoisotopic (exact) mass is 495 g/mol. The van der Waals surface area contributed by atoms with Crippen molar-refractivity contribution in [1.29, 1.82) is 0 Å². The molecule has 2 aromatic rings. The van der Waals surface area contributed by atoms with E-state index in [1.165, 1.54) is 27.5 Å². The van der Waals surface area contributed by atoms with Crippen molar-refractivity contribution in [2.24, 2.45) is 0 Å². The number of thiophene rings is 1. The number of amides is 4. The van der Waals surface area contributed by atoms with Crippen LogP contribution >= 0.6 is 11.3 Å². The van der Waals surface area contributed by atoms with Gasteiger partial charge in [0.25, 0.3) is 17.7 Å². The van der Waals surface area contributed by atoms with Gasteiger partial charge >= 0.3 is 0 Å². The summed E-state index contributed by atoms with van der Waals surface area (Å²) in [6, 6.07) is 5.94. The molecular weight excluding hydrogens is 466 g/mol. The van der Waals surface area contributed by atoms with Crippen LogP contribution in [0.25, 0.3) is 0 Å². The van der Waals surface area contributed by atoms with Crippen molar-refractivity contribution in [3.05, 3.63) is 56.8 Å². The molecule has 0 bridgehead atoms. The SMILES string of the molecule is CCCC(NC(=O)c1ccc2c(c1)C(=O)N(CC1CCCO1)C2=O)C(=O)N1CCc2sccc2C1. The van der Waals surface area contributed by atoms with E-state index in [9.17, 15) is 19.2 Å². The van der Waals surface area contributed by atoms with Gasteiger partial charge in [-0.3, -0.25) is 24.1 Å². The molecule has 1 aromatic heterocycles. The number of fused-ring (bicyclic) bond motifs is 2. The Morgan fingerprint density at radius 1 is 1.20 bits per heavy atom. The van der Waals surface area contributed by atoms with Gasteiger partial charge < -0.3 is 15.0 Å². The maximum Gasteiger partial charge on any atom is 0.261 e. The van der Waals surface area contributed by atoms with Gasteiger partial charge in [-0.1, -0.05) is 13.3 Å². The lowest BCUT2D eigenvalue weighted by Crippen LogP contribution is -2.49. The molecule has 0 radical (unpaired) electrons. The predicted molar refractivity (Wildman–Crippen MR) is 130 cm³/mol. The molecule has 5 rings (SSSR count). The van der Waals surface area contributed by atoms with Crippen LogP contribution < -0.4 is 5.32 Å². The zero-order valence-corrected chi connectivity index (χ0v) is 20.6. The Kier molecular flexibility index (Phi) is 6.71. The second kappa shape index (κ2) is 9.91. The van der Waals surface area contributed by atoms with Gasteiger partial charge in [0.2, 0.25) is 5.91 Å². The number of ether oxygens (including phenoxy) is 1. The van der Waals surface area contributed by atoms with Crippen LogP contribution in [0.3, 0.4) is 0 Å². The Morgan fingerprint density at radius 2 is 2.03 bits per heavy atom. The number of imide groups is 1. The zero-order valence-electron chi connectivity index (χ0n) is 19.7. The minimum Gasteiger partial charge on any atom is -0.376 e. The molecule has 0 spiro atoms. The first-order chi connectivity index (χ1) is 17.0. The van der Waals surface area contributed by atoms with Crippen molar-refractivity contribution in [2.75, 3.05) is 19.7 Å². The number of hydrogen-bond acceptors (Lipinski definition) is 6. The van der Waals surface area contributed by atoms with Gasteiger partial charge in [-0.2, -0.15) is 0 Å². The van der Waals surface area contributed by atoms with Crippen LogP contribution in [0.5, 0.6) is 0 Å². The van der Waals surface area contributed by atoms with E-state index in [0.29, 0.717) is 31.7 Å². The summed E-state index contributed by atoms with van der Waals surface area (Å²) in [5.74, 6) is -1.28. The molecule has 9 heteroatoms. The van der Waals surface area contributed by atoms with Gasteiger partial charge in [-0.15, -0.1) is 11.3 Å². The maximum atomic E-state index is 13.3. The normalized spacial score (nSPS) is 20.1. The Balaban J connectivity index is 1.28. The zero-order chi connectivity index (χ0) is 24.5. The van der Waals surface area contributed by atoms with Crippen LogP contribution in [0, 0.1) is 0 Å². The summed E-state index contributed by atoms with van der Waals surface area (Å²) in [5.41, 5.74) is 1.95. The van der Waals surface area contributed by atoms with Crippen LogP contribution in [0.4, 0.5) is 0 Å².